The van der Waals surface area contributed by atoms with Crippen LogP contribution >= 0.6 is 0 Å². The molecule has 1 aromatic rings. The first-order valence-corrected chi connectivity index (χ1v) is 7.41. The highest BCUT2D eigenvalue weighted by Crippen LogP contribution is 2.24. The summed E-state index contributed by atoms with van der Waals surface area (Å²) in [5.74, 6) is 1.38. The Hall–Kier alpha value is -2.01. The average Bonchev–Trinajstić information content (AvgIpc) is 2.56. The number of methoxy groups -OCH3 is 2. The Morgan fingerprint density at radius 1 is 1.32 bits per heavy atom. The summed E-state index contributed by atoms with van der Waals surface area (Å²) < 4.78 is 15.8. The third-order valence-electron chi connectivity index (χ3n) is 3.74. The van der Waals surface area contributed by atoms with Crippen molar-refractivity contribution in [2.24, 2.45) is 0 Å². The predicted molar refractivity (Wildman–Crippen MR) is 84.4 cm³/mol. The van der Waals surface area contributed by atoms with E-state index in [1.165, 1.54) is 7.11 Å². The molecular weight excluding hydrogens is 282 g/mol. The molecule has 5 heteroatoms. The molecule has 0 amide bonds. The van der Waals surface area contributed by atoms with Crippen LogP contribution in [0.3, 0.4) is 0 Å². The molecule has 0 unspecified atom stereocenters. The monoisotopic (exact) mass is 305 g/mol. The van der Waals surface area contributed by atoms with Gasteiger partial charge in [-0.2, -0.15) is 0 Å². The summed E-state index contributed by atoms with van der Waals surface area (Å²) in [6, 6.07) is 5.79. The number of hydrogen-bond acceptors (Lipinski definition) is 5. The fourth-order valence-electron chi connectivity index (χ4n) is 2.42. The van der Waals surface area contributed by atoms with E-state index in [1.54, 1.807) is 7.11 Å². The summed E-state index contributed by atoms with van der Waals surface area (Å²) in [4.78, 5) is 13.8. The van der Waals surface area contributed by atoms with Gasteiger partial charge in [0.1, 0.15) is 18.1 Å². The molecule has 1 heterocycles. The molecule has 22 heavy (non-hydrogen) atoms. The molecule has 1 aliphatic rings. The van der Waals surface area contributed by atoms with E-state index < -0.39 is 0 Å². The molecule has 0 spiro atoms. The SMILES string of the molecule is COC(=O)C1=CCCN(CCOc2cc(OC)ccc2C)C1. The first-order chi connectivity index (χ1) is 10.6. The van der Waals surface area contributed by atoms with Crippen LogP contribution < -0.4 is 9.47 Å². The van der Waals surface area contributed by atoms with Crippen molar-refractivity contribution in [1.29, 1.82) is 0 Å². The van der Waals surface area contributed by atoms with Crippen molar-refractivity contribution >= 4 is 5.97 Å². The minimum absolute atomic E-state index is 0.241. The van der Waals surface area contributed by atoms with E-state index in [2.05, 4.69) is 4.90 Å². The van der Waals surface area contributed by atoms with Gasteiger partial charge in [-0.25, -0.2) is 4.79 Å². The highest BCUT2D eigenvalue weighted by molar-refractivity contribution is 5.88. The van der Waals surface area contributed by atoms with Gasteiger partial charge in [-0.3, -0.25) is 4.90 Å². The van der Waals surface area contributed by atoms with Crippen LogP contribution in [0.4, 0.5) is 0 Å². The summed E-state index contributed by atoms with van der Waals surface area (Å²) in [5, 5.41) is 0. The van der Waals surface area contributed by atoms with Gasteiger partial charge >= 0.3 is 5.97 Å². The molecule has 0 aliphatic carbocycles. The molecule has 0 N–H and O–H groups in total. The summed E-state index contributed by atoms with van der Waals surface area (Å²) >= 11 is 0. The van der Waals surface area contributed by atoms with E-state index in [9.17, 15) is 4.79 Å². The second-order valence-corrected chi connectivity index (χ2v) is 5.27. The molecular formula is C17H23NO4. The van der Waals surface area contributed by atoms with Gasteiger partial charge in [0.05, 0.1) is 14.2 Å². The van der Waals surface area contributed by atoms with Crippen LogP contribution in [0.2, 0.25) is 0 Å². The van der Waals surface area contributed by atoms with Crippen LogP contribution in [0.15, 0.2) is 29.8 Å². The maximum atomic E-state index is 11.6. The van der Waals surface area contributed by atoms with E-state index in [0.29, 0.717) is 13.2 Å². The largest absolute Gasteiger partial charge is 0.497 e. The van der Waals surface area contributed by atoms with Crippen LogP contribution in [0.5, 0.6) is 11.5 Å². The van der Waals surface area contributed by atoms with Crippen molar-refractivity contribution in [2.75, 3.05) is 40.5 Å². The Morgan fingerprint density at radius 3 is 2.86 bits per heavy atom. The quantitative estimate of drug-likeness (QED) is 0.754. The topological polar surface area (TPSA) is 48.0 Å². The average molecular weight is 305 g/mol. The minimum atomic E-state index is -0.241. The number of carbonyl (C=O) groups excluding carboxylic acids is 1. The first-order valence-electron chi connectivity index (χ1n) is 7.41. The first kappa shape index (κ1) is 16.4. The molecule has 0 atom stereocenters. The minimum Gasteiger partial charge on any atom is -0.497 e. The zero-order valence-electron chi connectivity index (χ0n) is 13.4. The van der Waals surface area contributed by atoms with Gasteiger partial charge in [-0.05, 0) is 25.0 Å². The summed E-state index contributed by atoms with van der Waals surface area (Å²) in [5.41, 5.74) is 1.81. The van der Waals surface area contributed by atoms with Gasteiger partial charge in [0, 0.05) is 31.3 Å². The molecule has 0 radical (unpaired) electrons. The fourth-order valence-corrected chi connectivity index (χ4v) is 2.42. The summed E-state index contributed by atoms with van der Waals surface area (Å²) in [6.45, 7) is 4.90. The second kappa shape index (κ2) is 7.84. The van der Waals surface area contributed by atoms with Crippen molar-refractivity contribution in [3.05, 3.63) is 35.4 Å². The number of esters is 1. The van der Waals surface area contributed by atoms with Crippen LogP contribution in [-0.2, 0) is 9.53 Å². The van der Waals surface area contributed by atoms with Crippen LogP contribution in [0.1, 0.15) is 12.0 Å². The van der Waals surface area contributed by atoms with Crippen molar-refractivity contribution in [3.63, 3.8) is 0 Å². The predicted octanol–water partition coefficient (Wildman–Crippen LogP) is 2.19. The Morgan fingerprint density at radius 2 is 2.14 bits per heavy atom. The molecule has 120 valence electrons. The second-order valence-electron chi connectivity index (χ2n) is 5.27. The molecule has 0 aromatic heterocycles. The van der Waals surface area contributed by atoms with E-state index in [1.807, 2.05) is 31.2 Å². The fraction of sp³-hybridized carbons (Fsp3) is 0.471. The molecule has 2 rings (SSSR count). The molecule has 0 bridgehead atoms. The Bertz CT molecular complexity index is 554. The highest BCUT2D eigenvalue weighted by atomic mass is 16.5. The Labute approximate surface area is 131 Å². The van der Waals surface area contributed by atoms with Gasteiger partial charge in [0.15, 0.2) is 0 Å². The molecule has 0 saturated carbocycles. The lowest BCUT2D eigenvalue weighted by molar-refractivity contribution is -0.136. The standard InChI is InChI=1S/C17H23NO4/c1-13-6-7-15(20-2)11-16(13)22-10-9-18-8-4-5-14(12-18)17(19)21-3/h5-7,11H,4,8-10,12H2,1-3H3. The Balaban J connectivity index is 1.84. The van der Waals surface area contributed by atoms with Crippen LogP contribution in [0.25, 0.3) is 0 Å². The summed E-state index contributed by atoms with van der Waals surface area (Å²) in [6.07, 6.45) is 2.82. The van der Waals surface area contributed by atoms with Gasteiger partial charge in [0.25, 0.3) is 0 Å². The molecule has 5 nitrogen and oxygen atoms in total. The normalized spacial score (nSPS) is 15.1. The van der Waals surface area contributed by atoms with Crippen LogP contribution in [-0.4, -0.2) is 51.3 Å². The van der Waals surface area contributed by atoms with E-state index >= 15 is 0 Å². The van der Waals surface area contributed by atoms with Crippen molar-refractivity contribution in [2.45, 2.75) is 13.3 Å². The lowest BCUT2D eigenvalue weighted by Gasteiger charge is -2.26. The molecule has 0 fully saturated rings. The van der Waals surface area contributed by atoms with Crippen LogP contribution in [0, 0.1) is 6.92 Å². The van der Waals surface area contributed by atoms with Gasteiger partial charge in [-0.1, -0.05) is 12.1 Å². The highest BCUT2D eigenvalue weighted by Gasteiger charge is 2.18. The molecule has 1 aromatic carbocycles. The number of rotatable bonds is 6. The zero-order valence-corrected chi connectivity index (χ0v) is 13.4. The van der Waals surface area contributed by atoms with E-state index in [0.717, 1.165) is 42.1 Å². The van der Waals surface area contributed by atoms with Crippen molar-refractivity contribution in [1.82, 2.24) is 4.90 Å². The number of nitrogens with zero attached hydrogens (tertiary/aromatic N) is 1. The van der Waals surface area contributed by atoms with Gasteiger partial charge in [-0.15, -0.1) is 0 Å². The van der Waals surface area contributed by atoms with Gasteiger partial charge in [0.2, 0.25) is 0 Å². The number of hydrogen-bond donors (Lipinski definition) is 0. The van der Waals surface area contributed by atoms with E-state index in [-0.39, 0.29) is 5.97 Å². The third kappa shape index (κ3) is 4.24. The zero-order chi connectivity index (χ0) is 15.9. The van der Waals surface area contributed by atoms with Crippen molar-refractivity contribution < 1.29 is 19.0 Å². The van der Waals surface area contributed by atoms with E-state index in [4.69, 9.17) is 14.2 Å². The number of aryl methyl sites for hydroxylation is 1. The summed E-state index contributed by atoms with van der Waals surface area (Å²) in [7, 11) is 3.06. The van der Waals surface area contributed by atoms with Gasteiger partial charge < -0.3 is 14.2 Å². The lowest BCUT2D eigenvalue weighted by Crippen LogP contribution is -2.35. The smallest absolute Gasteiger partial charge is 0.334 e. The van der Waals surface area contributed by atoms with Crippen molar-refractivity contribution in [3.8, 4) is 11.5 Å². The lowest BCUT2D eigenvalue weighted by atomic mass is 10.1. The molecule has 1 aliphatic heterocycles. The Kier molecular flexibility index (Phi) is 5.83. The number of ether oxygens (including phenoxy) is 3. The maximum Gasteiger partial charge on any atom is 0.334 e. The molecule has 0 saturated heterocycles. The maximum absolute atomic E-state index is 11.6. The number of benzene rings is 1. The number of carbonyl (C=O) groups is 1. The third-order valence-corrected chi connectivity index (χ3v) is 3.74.